The van der Waals surface area contributed by atoms with Gasteiger partial charge in [0.25, 0.3) is 0 Å². The molecule has 2 unspecified atom stereocenters. The number of benzene rings is 2. The first kappa shape index (κ1) is 14.8. The molecular formula is C18H16FN3O2. The van der Waals surface area contributed by atoms with Gasteiger partial charge >= 0.3 is 0 Å². The van der Waals surface area contributed by atoms with E-state index >= 15 is 0 Å². The van der Waals surface area contributed by atoms with E-state index in [4.69, 9.17) is 15.0 Å². The van der Waals surface area contributed by atoms with Crippen molar-refractivity contribution in [3.63, 3.8) is 0 Å². The number of rotatable bonds is 4. The lowest BCUT2D eigenvalue weighted by Gasteiger charge is -2.05. The Morgan fingerprint density at radius 3 is 2.83 bits per heavy atom. The van der Waals surface area contributed by atoms with E-state index < -0.39 is 0 Å². The van der Waals surface area contributed by atoms with E-state index in [0.29, 0.717) is 17.5 Å². The molecule has 0 saturated heterocycles. The van der Waals surface area contributed by atoms with Crippen molar-refractivity contribution in [1.29, 1.82) is 0 Å². The van der Waals surface area contributed by atoms with Gasteiger partial charge in [-0.05, 0) is 29.7 Å². The van der Waals surface area contributed by atoms with Gasteiger partial charge in [0.15, 0.2) is 6.61 Å². The van der Waals surface area contributed by atoms with Gasteiger partial charge in [0, 0.05) is 12.1 Å². The Hall–Kier alpha value is -2.73. The molecular weight excluding hydrogens is 309 g/mol. The SMILES string of the molecule is NC1CC(c2nc(COc3cccc(F)c3)no2)c2ccccc21. The minimum atomic E-state index is -0.349. The third kappa shape index (κ3) is 2.76. The minimum absolute atomic E-state index is 0.00613. The molecule has 0 fully saturated rings. The van der Waals surface area contributed by atoms with Gasteiger partial charge in [-0.2, -0.15) is 4.98 Å². The summed E-state index contributed by atoms with van der Waals surface area (Å²) in [5.74, 6) is 1.04. The van der Waals surface area contributed by atoms with E-state index in [0.717, 1.165) is 17.5 Å². The second-order valence-electron chi connectivity index (χ2n) is 5.82. The average molecular weight is 325 g/mol. The Morgan fingerprint density at radius 1 is 1.17 bits per heavy atom. The second-order valence-corrected chi connectivity index (χ2v) is 5.82. The van der Waals surface area contributed by atoms with Gasteiger partial charge in [-0.15, -0.1) is 0 Å². The van der Waals surface area contributed by atoms with Gasteiger partial charge in [-0.25, -0.2) is 4.39 Å². The molecule has 122 valence electrons. The predicted octanol–water partition coefficient (Wildman–Crippen LogP) is 3.32. The van der Waals surface area contributed by atoms with E-state index in [2.05, 4.69) is 10.1 Å². The van der Waals surface area contributed by atoms with Gasteiger partial charge in [0.1, 0.15) is 11.6 Å². The Labute approximate surface area is 138 Å². The molecule has 2 atom stereocenters. The standard InChI is InChI=1S/C18H16FN3O2/c19-11-4-3-5-12(8-11)23-10-17-21-18(24-22-17)15-9-16(20)14-7-2-1-6-13(14)15/h1-8,15-16H,9-10,20H2. The number of aromatic nitrogens is 2. The van der Waals surface area contributed by atoms with Crippen LogP contribution in [0.1, 0.15) is 41.2 Å². The maximum absolute atomic E-state index is 13.1. The van der Waals surface area contributed by atoms with Gasteiger partial charge < -0.3 is 15.0 Å². The molecule has 1 aromatic heterocycles. The Bertz CT molecular complexity index is 865. The Kier molecular flexibility index (Phi) is 3.74. The Balaban J connectivity index is 1.50. The summed E-state index contributed by atoms with van der Waals surface area (Å²) in [6.07, 6.45) is 0.742. The zero-order valence-electron chi connectivity index (χ0n) is 12.9. The highest BCUT2D eigenvalue weighted by Gasteiger charge is 2.33. The van der Waals surface area contributed by atoms with Gasteiger partial charge in [0.2, 0.25) is 11.7 Å². The Morgan fingerprint density at radius 2 is 2.00 bits per heavy atom. The number of halogens is 1. The van der Waals surface area contributed by atoms with Crippen molar-refractivity contribution in [3.8, 4) is 5.75 Å². The molecule has 6 heteroatoms. The fraction of sp³-hybridized carbons (Fsp3) is 0.222. The molecule has 0 saturated carbocycles. The molecule has 2 N–H and O–H groups in total. The van der Waals surface area contributed by atoms with E-state index in [1.807, 2.05) is 24.3 Å². The summed E-state index contributed by atoms with van der Waals surface area (Å²) < 4.78 is 24.0. The molecule has 2 aromatic carbocycles. The summed E-state index contributed by atoms with van der Waals surface area (Å²) in [7, 11) is 0. The first-order valence-electron chi connectivity index (χ1n) is 7.76. The van der Waals surface area contributed by atoms with Gasteiger partial charge in [0.05, 0.1) is 5.92 Å². The van der Waals surface area contributed by atoms with Crippen LogP contribution in [0.25, 0.3) is 0 Å². The van der Waals surface area contributed by atoms with Gasteiger partial charge in [-0.3, -0.25) is 0 Å². The molecule has 5 nitrogen and oxygen atoms in total. The minimum Gasteiger partial charge on any atom is -0.485 e. The number of nitrogens with zero attached hydrogens (tertiary/aromatic N) is 2. The number of fused-ring (bicyclic) bond motifs is 1. The van der Waals surface area contributed by atoms with Crippen LogP contribution >= 0.6 is 0 Å². The molecule has 1 heterocycles. The number of hydrogen-bond acceptors (Lipinski definition) is 5. The topological polar surface area (TPSA) is 74.2 Å². The molecule has 1 aliphatic rings. The summed E-state index contributed by atoms with van der Waals surface area (Å²) in [5, 5.41) is 3.95. The quantitative estimate of drug-likeness (QED) is 0.796. The zero-order valence-corrected chi connectivity index (χ0v) is 12.9. The smallest absolute Gasteiger partial charge is 0.234 e. The van der Waals surface area contributed by atoms with Crippen molar-refractivity contribution in [2.45, 2.75) is 25.0 Å². The van der Waals surface area contributed by atoms with E-state index in [9.17, 15) is 4.39 Å². The molecule has 1 aliphatic carbocycles. The van der Waals surface area contributed by atoms with Crippen LogP contribution in [-0.4, -0.2) is 10.1 Å². The van der Waals surface area contributed by atoms with E-state index in [1.165, 1.54) is 12.1 Å². The highest BCUT2D eigenvalue weighted by atomic mass is 19.1. The lowest BCUT2D eigenvalue weighted by atomic mass is 10.0. The van der Waals surface area contributed by atoms with Crippen LogP contribution in [0.15, 0.2) is 53.1 Å². The molecule has 24 heavy (non-hydrogen) atoms. The fourth-order valence-electron chi connectivity index (χ4n) is 3.08. The van der Waals surface area contributed by atoms with Crippen molar-refractivity contribution in [1.82, 2.24) is 10.1 Å². The fourth-order valence-corrected chi connectivity index (χ4v) is 3.08. The number of hydrogen-bond donors (Lipinski definition) is 1. The van der Waals surface area contributed by atoms with Crippen molar-refractivity contribution in [2.75, 3.05) is 0 Å². The molecule has 4 rings (SSSR count). The third-order valence-electron chi connectivity index (χ3n) is 4.21. The normalized spacial score (nSPS) is 19.2. The maximum Gasteiger partial charge on any atom is 0.234 e. The van der Waals surface area contributed by atoms with Crippen LogP contribution in [0.5, 0.6) is 5.75 Å². The summed E-state index contributed by atoms with van der Waals surface area (Å²) >= 11 is 0. The monoisotopic (exact) mass is 325 g/mol. The van der Waals surface area contributed by atoms with Gasteiger partial charge in [-0.1, -0.05) is 35.5 Å². The molecule has 0 amide bonds. The first-order chi connectivity index (χ1) is 11.7. The lowest BCUT2D eigenvalue weighted by molar-refractivity contribution is 0.283. The van der Waals surface area contributed by atoms with Crippen LogP contribution in [0.3, 0.4) is 0 Å². The first-order valence-corrected chi connectivity index (χ1v) is 7.76. The van der Waals surface area contributed by atoms with Crippen LogP contribution in [0, 0.1) is 5.82 Å². The average Bonchev–Trinajstić information content (AvgIpc) is 3.18. The molecule has 0 radical (unpaired) electrons. The zero-order chi connectivity index (χ0) is 16.5. The number of ether oxygens (including phenoxy) is 1. The molecule has 0 bridgehead atoms. The van der Waals surface area contributed by atoms with Crippen molar-refractivity contribution >= 4 is 0 Å². The highest BCUT2D eigenvalue weighted by Crippen LogP contribution is 2.42. The molecule has 3 aromatic rings. The summed E-state index contributed by atoms with van der Waals surface area (Å²) in [5.41, 5.74) is 8.43. The molecule has 0 aliphatic heterocycles. The van der Waals surface area contributed by atoms with Crippen LogP contribution < -0.4 is 10.5 Å². The summed E-state index contributed by atoms with van der Waals surface area (Å²) in [6.45, 7) is 0.118. The van der Waals surface area contributed by atoms with Crippen LogP contribution in [0.4, 0.5) is 4.39 Å². The highest BCUT2D eigenvalue weighted by molar-refractivity contribution is 5.40. The third-order valence-corrected chi connectivity index (χ3v) is 4.21. The predicted molar refractivity (Wildman–Crippen MR) is 84.9 cm³/mol. The van der Waals surface area contributed by atoms with Crippen molar-refractivity contribution < 1.29 is 13.7 Å². The largest absolute Gasteiger partial charge is 0.485 e. The van der Waals surface area contributed by atoms with E-state index in [-0.39, 0.29) is 24.4 Å². The van der Waals surface area contributed by atoms with Crippen molar-refractivity contribution in [3.05, 3.63) is 77.2 Å². The summed E-state index contributed by atoms with van der Waals surface area (Å²) in [4.78, 5) is 4.41. The summed E-state index contributed by atoms with van der Waals surface area (Å²) in [6, 6.07) is 13.9. The second kappa shape index (κ2) is 6.05. The van der Waals surface area contributed by atoms with Crippen LogP contribution in [0.2, 0.25) is 0 Å². The van der Waals surface area contributed by atoms with E-state index in [1.54, 1.807) is 12.1 Å². The lowest BCUT2D eigenvalue weighted by Crippen LogP contribution is -2.06. The molecule has 0 spiro atoms. The number of nitrogens with two attached hydrogens (primary N) is 1. The maximum atomic E-state index is 13.1. The van der Waals surface area contributed by atoms with Crippen molar-refractivity contribution in [2.24, 2.45) is 5.73 Å². The van der Waals surface area contributed by atoms with Crippen LogP contribution in [-0.2, 0) is 6.61 Å².